The van der Waals surface area contributed by atoms with Crippen LogP contribution in [0.2, 0.25) is 0 Å². The number of fused-ring (bicyclic) bond motifs is 3. The molecule has 0 aliphatic carbocycles. The Labute approximate surface area is 184 Å². The lowest BCUT2D eigenvalue weighted by Crippen LogP contribution is -2.33. The third-order valence-electron chi connectivity index (χ3n) is 5.79. The maximum atomic E-state index is 13.4. The molecule has 0 spiro atoms. The van der Waals surface area contributed by atoms with Crippen LogP contribution >= 0.6 is 0 Å². The number of hydrogen-bond acceptors (Lipinski definition) is 6. The SMILES string of the molecule is COC(=O)c1ccc([C@H]2Oc3c(OC)cccc3[C@@H]3CC(c4ccc(F)cc4)=NN23)cc1. The molecule has 2 heterocycles. The zero-order valence-corrected chi connectivity index (χ0v) is 17.6. The van der Waals surface area contributed by atoms with Crippen LogP contribution < -0.4 is 9.47 Å². The van der Waals surface area contributed by atoms with Crippen molar-refractivity contribution in [3.05, 3.63) is 94.8 Å². The van der Waals surface area contributed by atoms with Gasteiger partial charge in [-0.1, -0.05) is 36.4 Å². The minimum atomic E-state index is -0.520. The molecule has 162 valence electrons. The molecule has 3 aromatic rings. The Morgan fingerprint density at radius 2 is 1.81 bits per heavy atom. The first-order valence-electron chi connectivity index (χ1n) is 10.2. The van der Waals surface area contributed by atoms with E-state index in [1.807, 2.05) is 35.3 Å². The van der Waals surface area contributed by atoms with Gasteiger partial charge in [0.2, 0.25) is 6.23 Å². The highest BCUT2D eigenvalue weighted by Gasteiger charge is 2.42. The first-order chi connectivity index (χ1) is 15.6. The van der Waals surface area contributed by atoms with Crippen molar-refractivity contribution in [1.29, 1.82) is 0 Å². The molecule has 5 rings (SSSR count). The van der Waals surface area contributed by atoms with Gasteiger partial charge in [-0.25, -0.2) is 14.2 Å². The Balaban J connectivity index is 1.57. The first kappa shape index (κ1) is 20.1. The zero-order valence-electron chi connectivity index (χ0n) is 17.6. The number of esters is 1. The van der Waals surface area contributed by atoms with Crippen molar-refractivity contribution in [3.63, 3.8) is 0 Å². The van der Waals surface area contributed by atoms with Gasteiger partial charge in [-0.05, 0) is 35.9 Å². The van der Waals surface area contributed by atoms with E-state index in [0.717, 1.165) is 22.4 Å². The molecule has 7 heteroatoms. The van der Waals surface area contributed by atoms with Crippen LogP contribution in [0.3, 0.4) is 0 Å². The van der Waals surface area contributed by atoms with E-state index in [9.17, 15) is 9.18 Å². The lowest BCUT2D eigenvalue weighted by Gasteiger charge is -2.38. The molecule has 3 aromatic carbocycles. The van der Waals surface area contributed by atoms with Gasteiger partial charge >= 0.3 is 5.97 Å². The predicted molar refractivity (Wildman–Crippen MR) is 116 cm³/mol. The van der Waals surface area contributed by atoms with E-state index >= 15 is 0 Å². The van der Waals surface area contributed by atoms with Crippen molar-refractivity contribution >= 4 is 11.7 Å². The first-order valence-corrected chi connectivity index (χ1v) is 10.2. The van der Waals surface area contributed by atoms with Gasteiger partial charge in [-0.15, -0.1) is 0 Å². The Morgan fingerprint density at radius 1 is 1.06 bits per heavy atom. The lowest BCUT2D eigenvalue weighted by atomic mass is 9.95. The minimum Gasteiger partial charge on any atom is -0.493 e. The van der Waals surface area contributed by atoms with Crippen LogP contribution in [0, 0.1) is 5.82 Å². The van der Waals surface area contributed by atoms with Crippen LogP contribution in [0.25, 0.3) is 0 Å². The Kier molecular flexibility index (Phi) is 5.01. The summed E-state index contributed by atoms with van der Waals surface area (Å²) in [6, 6.07) is 19.2. The van der Waals surface area contributed by atoms with Crippen molar-refractivity contribution in [2.75, 3.05) is 14.2 Å². The molecular formula is C25H21FN2O4. The maximum absolute atomic E-state index is 13.4. The van der Waals surface area contributed by atoms with Crippen molar-refractivity contribution in [2.24, 2.45) is 5.10 Å². The number of carbonyl (C=O) groups excluding carboxylic acids is 1. The lowest BCUT2D eigenvalue weighted by molar-refractivity contribution is -0.0209. The van der Waals surface area contributed by atoms with E-state index in [0.29, 0.717) is 23.5 Å². The monoisotopic (exact) mass is 432 g/mol. The molecule has 32 heavy (non-hydrogen) atoms. The molecule has 0 unspecified atom stereocenters. The number of ether oxygens (including phenoxy) is 3. The molecule has 0 saturated heterocycles. The molecule has 2 aliphatic heterocycles. The average Bonchev–Trinajstić information content (AvgIpc) is 3.29. The Morgan fingerprint density at radius 3 is 2.50 bits per heavy atom. The minimum absolute atomic E-state index is 0.0702. The number of hydrogen-bond donors (Lipinski definition) is 0. The number of rotatable bonds is 4. The van der Waals surface area contributed by atoms with Gasteiger partial charge in [-0.3, -0.25) is 0 Å². The molecule has 0 radical (unpaired) electrons. The summed E-state index contributed by atoms with van der Waals surface area (Å²) >= 11 is 0. The summed E-state index contributed by atoms with van der Waals surface area (Å²) in [7, 11) is 2.96. The van der Waals surface area contributed by atoms with Crippen molar-refractivity contribution in [2.45, 2.75) is 18.7 Å². The van der Waals surface area contributed by atoms with Crippen LogP contribution in [-0.2, 0) is 4.74 Å². The fourth-order valence-electron chi connectivity index (χ4n) is 4.18. The molecule has 0 bridgehead atoms. The third kappa shape index (κ3) is 3.36. The highest BCUT2D eigenvalue weighted by molar-refractivity contribution is 6.02. The second-order valence-electron chi connectivity index (χ2n) is 7.62. The topological polar surface area (TPSA) is 60.4 Å². The second-order valence-corrected chi connectivity index (χ2v) is 7.62. The zero-order chi connectivity index (χ0) is 22.2. The number of nitrogens with zero attached hydrogens (tertiary/aromatic N) is 2. The molecule has 2 atom stereocenters. The molecule has 0 aromatic heterocycles. The van der Waals surface area contributed by atoms with Crippen molar-refractivity contribution in [1.82, 2.24) is 5.01 Å². The largest absolute Gasteiger partial charge is 0.493 e. The molecule has 0 N–H and O–H groups in total. The number of methoxy groups -OCH3 is 2. The number of para-hydroxylation sites is 1. The molecule has 0 fully saturated rings. The third-order valence-corrected chi connectivity index (χ3v) is 5.79. The summed E-state index contributed by atoms with van der Waals surface area (Å²) in [5.41, 5.74) is 3.99. The molecule has 6 nitrogen and oxygen atoms in total. The summed E-state index contributed by atoms with van der Waals surface area (Å²) in [6.07, 6.45) is 0.125. The van der Waals surface area contributed by atoms with Crippen LogP contribution in [0.15, 0.2) is 71.8 Å². The second kappa shape index (κ2) is 8.00. The van der Waals surface area contributed by atoms with Gasteiger partial charge in [0, 0.05) is 17.5 Å². The number of benzene rings is 3. The normalized spacial score (nSPS) is 18.8. The molecule has 2 aliphatic rings. The van der Waals surface area contributed by atoms with Crippen molar-refractivity contribution in [3.8, 4) is 11.5 Å². The molecule has 0 saturated carbocycles. The highest BCUT2D eigenvalue weighted by atomic mass is 19.1. The summed E-state index contributed by atoms with van der Waals surface area (Å²) in [6.45, 7) is 0. The van der Waals surface area contributed by atoms with Gasteiger partial charge in [0.25, 0.3) is 0 Å². The van der Waals surface area contributed by atoms with E-state index in [1.54, 1.807) is 31.4 Å². The van der Waals surface area contributed by atoms with Gasteiger partial charge in [0.05, 0.1) is 31.5 Å². The Bertz CT molecular complexity index is 1190. The number of hydrazone groups is 1. The van der Waals surface area contributed by atoms with Crippen LogP contribution in [0.1, 0.15) is 45.7 Å². The van der Waals surface area contributed by atoms with Gasteiger partial charge in [0.1, 0.15) is 5.82 Å². The van der Waals surface area contributed by atoms with E-state index < -0.39 is 12.2 Å². The number of halogens is 1. The summed E-state index contributed by atoms with van der Waals surface area (Å²) in [5.74, 6) is 0.637. The average molecular weight is 432 g/mol. The predicted octanol–water partition coefficient (Wildman–Crippen LogP) is 4.86. The smallest absolute Gasteiger partial charge is 0.337 e. The van der Waals surface area contributed by atoms with E-state index in [1.165, 1.54) is 19.2 Å². The van der Waals surface area contributed by atoms with E-state index in [-0.39, 0.29) is 11.9 Å². The van der Waals surface area contributed by atoms with Gasteiger partial charge < -0.3 is 14.2 Å². The van der Waals surface area contributed by atoms with Crippen LogP contribution in [-0.4, -0.2) is 30.9 Å². The van der Waals surface area contributed by atoms with Crippen LogP contribution in [0.5, 0.6) is 11.5 Å². The summed E-state index contributed by atoms with van der Waals surface area (Å²) in [4.78, 5) is 11.8. The highest BCUT2D eigenvalue weighted by Crippen LogP contribution is 2.50. The maximum Gasteiger partial charge on any atom is 0.337 e. The summed E-state index contributed by atoms with van der Waals surface area (Å²) in [5, 5.41) is 6.79. The molecular weight excluding hydrogens is 411 g/mol. The van der Waals surface area contributed by atoms with Crippen LogP contribution in [0.4, 0.5) is 4.39 Å². The number of carbonyl (C=O) groups is 1. The fourth-order valence-corrected chi connectivity index (χ4v) is 4.18. The quantitative estimate of drug-likeness (QED) is 0.551. The summed E-state index contributed by atoms with van der Waals surface area (Å²) < 4.78 is 30.2. The fraction of sp³-hybridized carbons (Fsp3) is 0.200. The van der Waals surface area contributed by atoms with E-state index in [2.05, 4.69) is 0 Å². The van der Waals surface area contributed by atoms with Crippen molar-refractivity contribution < 1.29 is 23.4 Å². The molecule has 0 amide bonds. The van der Waals surface area contributed by atoms with Gasteiger partial charge in [0.15, 0.2) is 11.5 Å². The standard InChI is InChI=1S/C25H21FN2O4/c1-30-22-5-3-4-19-21-14-20(15-10-12-18(26)13-11-15)27-28(21)24(32-23(19)22)16-6-8-17(9-7-16)25(29)31-2/h3-13,21,24H,14H2,1-2H3/t21-,24+/m0/s1. The van der Waals surface area contributed by atoms with Gasteiger partial charge in [-0.2, -0.15) is 5.10 Å². The van der Waals surface area contributed by atoms with E-state index in [4.69, 9.17) is 19.3 Å². The Hall–Kier alpha value is -3.87.